The number of hydrogen-bond acceptors (Lipinski definition) is 5. The SMILES string of the molecule is O=C(O)c1c([N+](=O)[O-])ccc2c1OC(F)(F)O2. The number of halogens is 2. The van der Waals surface area contributed by atoms with E-state index in [0.717, 1.165) is 12.1 Å². The highest BCUT2D eigenvalue weighted by Crippen LogP contribution is 2.46. The molecule has 0 atom stereocenters. The zero-order valence-corrected chi connectivity index (χ0v) is 7.85. The molecule has 0 amide bonds. The van der Waals surface area contributed by atoms with Gasteiger partial charge in [-0.05, 0) is 6.07 Å². The number of aromatic carboxylic acids is 1. The van der Waals surface area contributed by atoms with Gasteiger partial charge in [0.15, 0.2) is 17.1 Å². The second-order valence-electron chi connectivity index (χ2n) is 3.02. The molecule has 1 aromatic rings. The van der Waals surface area contributed by atoms with Gasteiger partial charge in [-0.15, -0.1) is 8.78 Å². The zero-order valence-electron chi connectivity index (χ0n) is 7.85. The molecule has 0 fully saturated rings. The minimum Gasteiger partial charge on any atom is -0.477 e. The summed E-state index contributed by atoms with van der Waals surface area (Å²) in [4.78, 5) is 20.3. The van der Waals surface area contributed by atoms with Gasteiger partial charge in [-0.25, -0.2) is 4.79 Å². The van der Waals surface area contributed by atoms with Gasteiger partial charge in [-0.3, -0.25) is 10.1 Å². The Kier molecular flexibility index (Phi) is 2.12. The minimum atomic E-state index is -4.03. The standard InChI is InChI=1S/C8H3F2NO6/c9-8(10)16-4-2-1-3(11(14)15)5(7(12)13)6(4)17-8/h1-2H,(H,12,13). The maximum absolute atomic E-state index is 12.7. The normalized spacial score (nSPS) is 15.6. The van der Waals surface area contributed by atoms with E-state index in [1.54, 1.807) is 0 Å². The van der Waals surface area contributed by atoms with Crippen molar-refractivity contribution in [1.29, 1.82) is 0 Å². The lowest BCUT2D eigenvalue weighted by atomic mass is 10.1. The number of nitro groups is 1. The summed E-state index contributed by atoms with van der Waals surface area (Å²) >= 11 is 0. The number of rotatable bonds is 2. The molecule has 1 aliphatic heterocycles. The Balaban J connectivity index is 2.66. The Labute approximate surface area is 91.3 Å². The van der Waals surface area contributed by atoms with E-state index in [2.05, 4.69) is 9.47 Å². The highest BCUT2D eigenvalue weighted by Gasteiger charge is 2.47. The molecule has 0 aromatic heterocycles. The summed E-state index contributed by atoms with van der Waals surface area (Å²) in [6, 6.07) is 1.61. The van der Waals surface area contributed by atoms with Crippen LogP contribution in [0.5, 0.6) is 11.5 Å². The number of nitrogens with zero attached hydrogens (tertiary/aromatic N) is 1. The van der Waals surface area contributed by atoms with Crippen LogP contribution in [-0.2, 0) is 0 Å². The molecular weight excluding hydrogens is 244 g/mol. The van der Waals surface area contributed by atoms with E-state index in [9.17, 15) is 23.7 Å². The predicted molar refractivity (Wildman–Crippen MR) is 46.3 cm³/mol. The Morgan fingerprint density at radius 3 is 2.59 bits per heavy atom. The fraction of sp³-hybridized carbons (Fsp3) is 0.125. The largest absolute Gasteiger partial charge is 0.586 e. The molecule has 9 heteroatoms. The summed E-state index contributed by atoms with van der Waals surface area (Å²) in [7, 11) is 0. The topological polar surface area (TPSA) is 98.9 Å². The van der Waals surface area contributed by atoms with Crippen LogP contribution in [0.3, 0.4) is 0 Å². The number of hydrogen-bond donors (Lipinski definition) is 1. The number of carbonyl (C=O) groups is 1. The molecule has 17 heavy (non-hydrogen) atoms. The van der Waals surface area contributed by atoms with Crippen molar-refractivity contribution in [1.82, 2.24) is 0 Å². The molecule has 0 aliphatic carbocycles. The van der Waals surface area contributed by atoms with Crippen molar-refractivity contribution in [2.24, 2.45) is 0 Å². The predicted octanol–water partition coefficient (Wildman–Crippen LogP) is 1.61. The molecule has 0 radical (unpaired) electrons. The first-order valence-electron chi connectivity index (χ1n) is 4.12. The first-order valence-corrected chi connectivity index (χ1v) is 4.12. The molecule has 2 rings (SSSR count). The molecule has 1 aliphatic rings. The number of alkyl halides is 2. The number of nitro benzene ring substituents is 1. The van der Waals surface area contributed by atoms with Gasteiger partial charge in [0.2, 0.25) is 0 Å². The summed E-state index contributed by atoms with van der Waals surface area (Å²) in [5, 5.41) is 19.3. The highest BCUT2D eigenvalue weighted by atomic mass is 19.3. The van der Waals surface area contributed by atoms with Crippen LogP contribution in [-0.4, -0.2) is 22.3 Å². The van der Waals surface area contributed by atoms with Crippen LogP contribution in [0.2, 0.25) is 0 Å². The summed E-state index contributed by atoms with van der Waals surface area (Å²) in [6.07, 6.45) is -4.03. The number of carboxylic acid groups (broad SMARTS) is 1. The quantitative estimate of drug-likeness (QED) is 0.629. The van der Waals surface area contributed by atoms with Gasteiger partial charge in [0.25, 0.3) is 5.69 Å². The van der Waals surface area contributed by atoms with Crippen molar-refractivity contribution in [3.63, 3.8) is 0 Å². The van der Waals surface area contributed by atoms with Gasteiger partial charge < -0.3 is 14.6 Å². The molecule has 0 spiro atoms. The fourth-order valence-electron chi connectivity index (χ4n) is 1.36. The Morgan fingerprint density at radius 2 is 2.06 bits per heavy atom. The zero-order chi connectivity index (χ0) is 12.8. The van der Waals surface area contributed by atoms with Crippen LogP contribution < -0.4 is 9.47 Å². The van der Waals surface area contributed by atoms with E-state index < -0.39 is 39.9 Å². The van der Waals surface area contributed by atoms with Gasteiger partial charge in [0, 0.05) is 6.07 Å². The number of fused-ring (bicyclic) bond motifs is 1. The number of benzene rings is 1. The summed E-state index contributed by atoms with van der Waals surface area (Å²) in [6.45, 7) is 0. The third-order valence-corrected chi connectivity index (χ3v) is 1.96. The monoisotopic (exact) mass is 247 g/mol. The van der Waals surface area contributed by atoms with E-state index in [1.807, 2.05) is 0 Å². The van der Waals surface area contributed by atoms with Crippen molar-refractivity contribution in [3.05, 3.63) is 27.8 Å². The molecule has 1 aromatic carbocycles. The first kappa shape index (κ1) is 11.0. The van der Waals surface area contributed by atoms with Gasteiger partial charge in [-0.1, -0.05) is 0 Å². The van der Waals surface area contributed by atoms with Crippen molar-refractivity contribution in [3.8, 4) is 11.5 Å². The molecule has 1 N–H and O–H groups in total. The average Bonchev–Trinajstić information content (AvgIpc) is 2.48. The molecule has 0 unspecified atom stereocenters. The fourth-order valence-corrected chi connectivity index (χ4v) is 1.36. The summed E-state index contributed by atoms with van der Waals surface area (Å²) < 4.78 is 33.3. The second-order valence-corrected chi connectivity index (χ2v) is 3.02. The summed E-state index contributed by atoms with van der Waals surface area (Å²) in [5.41, 5.74) is -1.82. The third-order valence-electron chi connectivity index (χ3n) is 1.96. The smallest absolute Gasteiger partial charge is 0.477 e. The van der Waals surface area contributed by atoms with Gasteiger partial charge in [0.1, 0.15) is 0 Å². The van der Waals surface area contributed by atoms with Gasteiger partial charge >= 0.3 is 12.3 Å². The number of ether oxygens (including phenoxy) is 2. The molecule has 90 valence electrons. The third kappa shape index (κ3) is 1.71. The van der Waals surface area contributed by atoms with Crippen LogP contribution in [0.25, 0.3) is 0 Å². The van der Waals surface area contributed by atoms with E-state index in [1.165, 1.54) is 0 Å². The Hall–Kier alpha value is -2.45. The average molecular weight is 247 g/mol. The van der Waals surface area contributed by atoms with Crippen LogP contribution in [0.4, 0.5) is 14.5 Å². The second kappa shape index (κ2) is 3.27. The molecule has 0 bridgehead atoms. The van der Waals surface area contributed by atoms with Crippen molar-refractivity contribution in [2.45, 2.75) is 6.29 Å². The van der Waals surface area contributed by atoms with E-state index in [4.69, 9.17) is 5.11 Å². The molecular formula is C8H3F2NO6. The first-order chi connectivity index (χ1) is 7.82. The van der Waals surface area contributed by atoms with Crippen LogP contribution in [0.1, 0.15) is 10.4 Å². The van der Waals surface area contributed by atoms with Crippen molar-refractivity contribution in [2.75, 3.05) is 0 Å². The molecule has 0 saturated heterocycles. The minimum absolute atomic E-state index is 0.557. The lowest BCUT2D eigenvalue weighted by Crippen LogP contribution is -2.26. The lowest BCUT2D eigenvalue weighted by molar-refractivity contribution is -0.385. The summed E-state index contributed by atoms with van der Waals surface area (Å²) in [5.74, 6) is -3.16. The number of carboxylic acids is 1. The van der Waals surface area contributed by atoms with E-state index in [-0.39, 0.29) is 0 Å². The Bertz CT molecular complexity index is 529. The van der Waals surface area contributed by atoms with Crippen molar-refractivity contribution >= 4 is 11.7 Å². The highest BCUT2D eigenvalue weighted by molar-refractivity contribution is 5.97. The van der Waals surface area contributed by atoms with Crippen LogP contribution >= 0.6 is 0 Å². The molecule has 7 nitrogen and oxygen atoms in total. The maximum atomic E-state index is 12.7. The van der Waals surface area contributed by atoms with Gasteiger partial charge in [-0.2, -0.15) is 0 Å². The lowest BCUT2D eigenvalue weighted by Gasteiger charge is -2.05. The Morgan fingerprint density at radius 1 is 1.41 bits per heavy atom. The molecule has 1 heterocycles. The van der Waals surface area contributed by atoms with Gasteiger partial charge in [0.05, 0.1) is 4.92 Å². The van der Waals surface area contributed by atoms with Crippen molar-refractivity contribution < 1.29 is 33.1 Å². The van der Waals surface area contributed by atoms with E-state index >= 15 is 0 Å². The van der Waals surface area contributed by atoms with Crippen LogP contribution in [0.15, 0.2) is 12.1 Å². The van der Waals surface area contributed by atoms with Crippen LogP contribution in [0, 0.1) is 10.1 Å². The maximum Gasteiger partial charge on any atom is 0.586 e. The molecule has 0 saturated carbocycles. The van der Waals surface area contributed by atoms with E-state index in [0.29, 0.717) is 0 Å².